The molecule has 0 aromatic heterocycles. The number of halogens is 1. The standard InChI is InChI=1S/C29H30FN3O3S/c1-3-5-14-29(4-2)18-33(28(36)32-17-19-6-10-22(37-31)11-7-19)26-13-8-20(15-25(26)29)23-12-9-21(30)16-24(23)27(34)35/h3,6-13,15-16H,1,4-5,14,17-18,31H2,2H3,(H,32,36)(H,34,35). The molecule has 3 aromatic carbocycles. The number of anilines is 1. The van der Waals surface area contributed by atoms with Crippen LogP contribution in [0.1, 0.15) is 47.7 Å². The Balaban J connectivity index is 1.69. The summed E-state index contributed by atoms with van der Waals surface area (Å²) in [7, 11) is 0. The van der Waals surface area contributed by atoms with Crippen LogP contribution in [0.25, 0.3) is 11.1 Å². The summed E-state index contributed by atoms with van der Waals surface area (Å²) >= 11 is 1.17. The molecule has 1 aliphatic heterocycles. The Morgan fingerprint density at radius 1 is 1.19 bits per heavy atom. The molecule has 0 bridgehead atoms. The number of amides is 2. The van der Waals surface area contributed by atoms with Gasteiger partial charge >= 0.3 is 12.0 Å². The lowest BCUT2D eigenvalue weighted by atomic mass is 9.75. The highest BCUT2D eigenvalue weighted by Crippen LogP contribution is 2.47. The van der Waals surface area contributed by atoms with Gasteiger partial charge in [-0.15, -0.1) is 6.58 Å². The first kappa shape index (κ1) is 26.4. The van der Waals surface area contributed by atoms with Gasteiger partial charge in [-0.05, 0) is 89.9 Å². The van der Waals surface area contributed by atoms with E-state index in [1.165, 1.54) is 24.1 Å². The zero-order chi connectivity index (χ0) is 26.6. The molecule has 2 amide bonds. The van der Waals surface area contributed by atoms with E-state index in [9.17, 15) is 19.1 Å². The number of fused-ring (bicyclic) bond motifs is 1. The minimum atomic E-state index is -1.19. The fraction of sp³-hybridized carbons (Fsp3) is 0.241. The van der Waals surface area contributed by atoms with Gasteiger partial charge < -0.3 is 10.4 Å². The van der Waals surface area contributed by atoms with E-state index in [-0.39, 0.29) is 17.0 Å². The van der Waals surface area contributed by atoms with Crippen molar-refractivity contribution in [1.29, 1.82) is 0 Å². The van der Waals surface area contributed by atoms with Gasteiger partial charge in [-0.25, -0.2) is 14.0 Å². The SMILES string of the molecule is C=CCCC1(CC)CN(C(=O)NCc2ccc(SN)cc2)c2ccc(-c3ccc(F)cc3C(=O)O)cc21. The van der Waals surface area contributed by atoms with Crippen molar-refractivity contribution in [2.45, 2.75) is 43.0 Å². The first-order chi connectivity index (χ1) is 17.8. The van der Waals surface area contributed by atoms with Gasteiger partial charge in [0.2, 0.25) is 0 Å². The molecule has 6 nitrogen and oxygen atoms in total. The average molecular weight is 520 g/mol. The number of allylic oxidation sites excluding steroid dienone is 1. The third kappa shape index (κ3) is 5.40. The summed E-state index contributed by atoms with van der Waals surface area (Å²) in [6, 6.07) is 16.9. The molecule has 1 unspecified atom stereocenters. The Labute approximate surface area is 220 Å². The van der Waals surface area contributed by atoms with Crippen molar-refractivity contribution >= 4 is 29.6 Å². The van der Waals surface area contributed by atoms with Crippen LogP contribution < -0.4 is 15.4 Å². The molecule has 0 saturated carbocycles. The number of carboxylic acids is 1. The second kappa shape index (κ2) is 11.2. The van der Waals surface area contributed by atoms with E-state index >= 15 is 0 Å². The van der Waals surface area contributed by atoms with Crippen LogP contribution in [0.4, 0.5) is 14.9 Å². The van der Waals surface area contributed by atoms with E-state index in [0.29, 0.717) is 24.2 Å². The first-order valence-electron chi connectivity index (χ1n) is 12.1. The molecule has 1 heterocycles. The molecule has 1 atom stereocenters. The number of carbonyl (C=O) groups excluding carboxylic acids is 1. The van der Waals surface area contributed by atoms with Crippen LogP contribution in [0.5, 0.6) is 0 Å². The fourth-order valence-corrected chi connectivity index (χ4v) is 5.29. The summed E-state index contributed by atoms with van der Waals surface area (Å²) in [6.07, 6.45) is 4.22. The predicted octanol–water partition coefficient (Wildman–Crippen LogP) is 6.50. The van der Waals surface area contributed by atoms with E-state index in [4.69, 9.17) is 5.14 Å². The van der Waals surface area contributed by atoms with Crippen molar-refractivity contribution in [1.82, 2.24) is 5.32 Å². The van der Waals surface area contributed by atoms with Gasteiger partial charge in [-0.1, -0.05) is 37.3 Å². The summed E-state index contributed by atoms with van der Waals surface area (Å²) in [5.74, 6) is -1.79. The molecule has 0 fully saturated rings. The number of rotatable bonds is 9. The topological polar surface area (TPSA) is 95.7 Å². The van der Waals surface area contributed by atoms with Crippen molar-refractivity contribution < 1.29 is 19.1 Å². The lowest BCUT2D eigenvalue weighted by Gasteiger charge is -2.29. The van der Waals surface area contributed by atoms with Crippen LogP contribution in [-0.4, -0.2) is 23.7 Å². The van der Waals surface area contributed by atoms with Gasteiger partial charge in [-0.2, -0.15) is 0 Å². The lowest BCUT2D eigenvalue weighted by molar-refractivity contribution is 0.0697. The largest absolute Gasteiger partial charge is 0.478 e. The van der Waals surface area contributed by atoms with Crippen LogP contribution in [0.15, 0.2) is 78.2 Å². The molecule has 8 heteroatoms. The Kier molecular flexibility index (Phi) is 8.00. The van der Waals surface area contributed by atoms with Crippen molar-refractivity contribution in [3.8, 4) is 11.1 Å². The van der Waals surface area contributed by atoms with Gasteiger partial charge in [-0.3, -0.25) is 10.0 Å². The minimum Gasteiger partial charge on any atom is -0.478 e. The van der Waals surface area contributed by atoms with E-state index < -0.39 is 11.8 Å². The zero-order valence-corrected chi connectivity index (χ0v) is 21.5. The number of carbonyl (C=O) groups is 2. The second-order valence-electron chi connectivity index (χ2n) is 9.19. The molecule has 0 saturated heterocycles. The van der Waals surface area contributed by atoms with E-state index in [2.05, 4.69) is 18.8 Å². The van der Waals surface area contributed by atoms with Gasteiger partial charge in [0.05, 0.1) is 5.56 Å². The van der Waals surface area contributed by atoms with Crippen LogP contribution in [0.3, 0.4) is 0 Å². The zero-order valence-electron chi connectivity index (χ0n) is 20.7. The fourth-order valence-electron chi connectivity index (χ4n) is 4.99. The summed E-state index contributed by atoms with van der Waals surface area (Å²) in [5, 5.41) is 18.3. The molecule has 4 N–H and O–H groups in total. The van der Waals surface area contributed by atoms with E-state index in [0.717, 1.165) is 47.0 Å². The summed E-state index contributed by atoms with van der Waals surface area (Å²) in [6.45, 7) is 6.85. The molecule has 4 rings (SSSR count). The van der Waals surface area contributed by atoms with Crippen LogP contribution in [0.2, 0.25) is 0 Å². The monoisotopic (exact) mass is 519 g/mol. The van der Waals surface area contributed by atoms with E-state index in [1.54, 1.807) is 11.0 Å². The number of aromatic carboxylic acids is 1. The quantitative estimate of drug-likeness (QED) is 0.222. The molecule has 0 spiro atoms. The molecule has 0 aliphatic carbocycles. The molecule has 0 radical (unpaired) electrons. The molecule has 1 aliphatic rings. The van der Waals surface area contributed by atoms with Gasteiger partial charge in [0.15, 0.2) is 0 Å². The number of urea groups is 1. The number of hydrogen-bond acceptors (Lipinski definition) is 4. The summed E-state index contributed by atoms with van der Waals surface area (Å²) < 4.78 is 13.8. The van der Waals surface area contributed by atoms with Crippen LogP contribution in [0, 0.1) is 5.82 Å². The predicted molar refractivity (Wildman–Crippen MR) is 146 cm³/mol. The number of nitrogens with one attached hydrogen (secondary N) is 1. The Morgan fingerprint density at radius 3 is 2.59 bits per heavy atom. The highest BCUT2D eigenvalue weighted by atomic mass is 32.2. The molecule has 192 valence electrons. The normalized spacial score (nSPS) is 16.4. The number of hydrogen-bond donors (Lipinski definition) is 3. The maximum Gasteiger partial charge on any atom is 0.336 e. The third-order valence-corrected chi connectivity index (χ3v) is 7.64. The second-order valence-corrected chi connectivity index (χ2v) is 9.90. The van der Waals surface area contributed by atoms with Gasteiger partial charge in [0.25, 0.3) is 0 Å². The van der Waals surface area contributed by atoms with Gasteiger partial charge in [0.1, 0.15) is 5.82 Å². The molecular weight excluding hydrogens is 489 g/mol. The van der Waals surface area contributed by atoms with Crippen LogP contribution in [-0.2, 0) is 12.0 Å². The molecule has 37 heavy (non-hydrogen) atoms. The smallest absolute Gasteiger partial charge is 0.336 e. The summed E-state index contributed by atoms with van der Waals surface area (Å²) in [4.78, 5) is 27.9. The van der Waals surface area contributed by atoms with Crippen LogP contribution >= 0.6 is 11.9 Å². The minimum absolute atomic E-state index is 0.0974. The Bertz CT molecular complexity index is 1330. The maximum atomic E-state index is 13.8. The number of carboxylic acid groups (broad SMARTS) is 1. The number of benzene rings is 3. The molecule has 3 aromatic rings. The van der Waals surface area contributed by atoms with Crippen molar-refractivity contribution in [3.63, 3.8) is 0 Å². The molecular formula is C29H30FN3O3S. The highest BCUT2D eigenvalue weighted by molar-refractivity contribution is 7.97. The average Bonchev–Trinajstić information content (AvgIpc) is 3.25. The number of nitrogens with two attached hydrogens (primary N) is 1. The Morgan fingerprint density at radius 2 is 1.95 bits per heavy atom. The van der Waals surface area contributed by atoms with Crippen molar-refractivity contribution in [2.24, 2.45) is 5.14 Å². The maximum absolute atomic E-state index is 13.8. The van der Waals surface area contributed by atoms with Crippen molar-refractivity contribution in [2.75, 3.05) is 11.4 Å². The summed E-state index contributed by atoms with van der Waals surface area (Å²) in [5.41, 5.74) is 3.43. The highest BCUT2D eigenvalue weighted by Gasteiger charge is 2.43. The number of nitrogens with zero attached hydrogens (tertiary/aromatic N) is 1. The lowest BCUT2D eigenvalue weighted by Crippen LogP contribution is -2.42. The Hall–Kier alpha value is -3.62. The van der Waals surface area contributed by atoms with Crippen molar-refractivity contribution in [3.05, 3.63) is 95.8 Å². The van der Waals surface area contributed by atoms with Gasteiger partial charge in [0, 0.05) is 29.1 Å². The first-order valence-corrected chi connectivity index (χ1v) is 13.0. The van der Waals surface area contributed by atoms with E-state index in [1.807, 2.05) is 42.5 Å². The third-order valence-electron chi connectivity index (χ3n) is 7.09.